The molecule has 2 aromatic heterocycles. The molecule has 2 amide bonds. The molecule has 4 aromatic rings. The van der Waals surface area contributed by atoms with Gasteiger partial charge in [-0.1, -0.05) is 56.3 Å². The van der Waals surface area contributed by atoms with Crippen LogP contribution in [0.3, 0.4) is 0 Å². The first-order valence-corrected chi connectivity index (χ1v) is 12.8. The number of nitrogens with zero attached hydrogens (tertiary/aromatic N) is 1. The average Bonchev–Trinajstić information content (AvgIpc) is 3.17. The van der Waals surface area contributed by atoms with E-state index >= 15 is 0 Å². The molecule has 0 spiro atoms. The molecule has 0 saturated carbocycles. The first kappa shape index (κ1) is 27.4. The van der Waals surface area contributed by atoms with E-state index in [0.29, 0.717) is 0 Å². The summed E-state index contributed by atoms with van der Waals surface area (Å²) in [5.41, 5.74) is 2.55. The first-order chi connectivity index (χ1) is 18.6. The van der Waals surface area contributed by atoms with Gasteiger partial charge in [0, 0.05) is 17.1 Å². The number of nitrogens with one attached hydrogen (secondary N) is 3. The van der Waals surface area contributed by atoms with Crippen LogP contribution in [0.15, 0.2) is 66.9 Å². The molecule has 0 aliphatic rings. The Labute approximate surface area is 226 Å². The van der Waals surface area contributed by atoms with Gasteiger partial charge in [0.05, 0.1) is 36.0 Å². The number of aromatic nitrogens is 2. The van der Waals surface area contributed by atoms with Crippen LogP contribution in [0.1, 0.15) is 53.4 Å². The van der Waals surface area contributed by atoms with Gasteiger partial charge in [0.1, 0.15) is 0 Å². The number of carbonyl (C=O) groups is 3. The molecule has 0 radical (unpaired) electrons. The van der Waals surface area contributed by atoms with E-state index in [1.165, 1.54) is 6.92 Å². The number of rotatable bonds is 10. The highest BCUT2D eigenvalue weighted by Crippen LogP contribution is 2.30. The van der Waals surface area contributed by atoms with Gasteiger partial charge in [-0.3, -0.25) is 24.4 Å². The molecule has 2 aromatic carbocycles. The monoisotopic (exact) mass is 528 g/mol. The van der Waals surface area contributed by atoms with Crippen molar-refractivity contribution in [1.82, 2.24) is 20.6 Å². The molecule has 0 unspecified atom stereocenters. The molecule has 2 atom stereocenters. The predicted molar refractivity (Wildman–Crippen MR) is 147 cm³/mol. The molecule has 0 aliphatic heterocycles. The topological polar surface area (TPSA) is 144 Å². The zero-order valence-electron chi connectivity index (χ0n) is 22.1. The molecule has 5 N–H and O–H groups in total. The summed E-state index contributed by atoms with van der Waals surface area (Å²) in [5.74, 6) is -2.27. The lowest BCUT2D eigenvalue weighted by molar-refractivity contribution is -0.123. The summed E-state index contributed by atoms with van der Waals surface area (Å²) in [6.07, 6.45) is 1.74. The summed E-state index contributed by atoms with van der Waals surface area (Å²) >= 11 is 0. The third kappa shape index (κ3) is 6.43. The van der Waals surface area contributed by atoms with Crippen LogP contribution in [-0.2, 0) is 16.0 Å². The summed E-state index contributed by atoms with van der Waals surface area (Å²) in [7, 11) is 0. The number of ketones is 1. The fourth-order valence-electron chi connectivity index (χ4n) is 4.58. The van der Waals surface area contributed by atoms with Gasteiger partial charge in [-0.2, -0.15) is 0 Å². The van der Waals surface area contributed by atoms with Crippen LogP contribution >= 0.6 is 0 Å². The molecule has 4 rings (SSSR count). The van der Waals surface area contributed by atoms with Gasteiger partial charge < -0.3 is 20.8 Å². The van der Waals surface area contributed by atoms with Crippen LogP contribution in [0.25, 0.3) is 10.9 Å². The Bertz CT molecular complexity index is 1500. The molecular formula is C30H32N4O5. The van der Waals surface area contributed by atoms with Crippen LogP contribution in [0.4, 0.5) is 0 Å². The van der Waals surface area contributed by atoms with Crippen molar-refractivity contribution < 1.29 is 24.6 Å². The maximum Gasteiger partial charge on any atom is 0.224 e. The Morgan fingerprint density at radius 1 is 0.923 bits per heavy atom. The van der Waals surface area contributed by atoms with E-state index in [9.17, 15) is 24.6 Å². The van der Waals surface area contributed by atoms with Crippen molar-refractivity contribution in [2.24, 2.45) is 5.92 Å². The normalized spacial score (nSPS) is 12.7. The first-order valence-electron chi connectivity index (χ1n) is 12.8. The zero-order valence-corrected chi connectivity index (χ0v) is 22.1. The van der Waals surface area contributed by atoms with Crippen LogP contribution < -0.4 is 10.6 Å². The Morgan fingerprint density at radius 3 is 2.33 bits per heavy atom. The van der Waals surface area contributed by atoms with Crippen molar-refractivity contribution in [2.45, 2.75) is 45.7 Å². The van der Waals surface area contributed by atoms with Crippen molar-refractivity contribution in [3.05, 3.63) is 89.1 Å². The lowest BCUT2D eigenvalue weighted by Crippen LogP contribution is -2.45. The molecule has 9 nitrogen and oxygen atoms in total. The highest BCUT2D eigenvalue weighted by atomic mass is 16.3. The molecule has 0 aliphatic carbocycles. The number of Topliss-reactive ketones (excluding diaryl/α,β-unsaturated/α-hetero) is 1. The number of amides is 2. The van der Waals surface area contributed by atoms with E-state index < -0.39 is 29.7 Å². The van der Waals surface area contributed by atoms with Crippen LogP contribution in [0, 0.1) is 12.8 Å². The number of hydrogen-bond acceptors (Lipinski definition) is 6. The second-order valence-corrected chi connectivity index (χ2v) is 9.92. The van der Waals surface area contributed by atoms with Gasteiger partial charge in [0.15, 0.2) is 11.7 Å². The molecule has 202 valence electrons. The van der Waals surface area contributed by atoms with E-state index in [1.807, 2.05) is 60.7 Å². The number of aromatic hydroxyl groups is 2. The highest BCUT2D eigenvalue weighted by Gasteiger charge is 2.31. The molecule has 0 fully saturated rings. The minimum atomic E-state index is -0.948. The van der Waals surface area contributed by atoms with E-state index in [1.54, 1.807) is 20.0 Å². The van der Waals surface area contributed by atoms with Crippen molar-refractivity contribution >= 4 is 28.5 Å². The van der Waals surface area contributed by atoms with Crippen LogP contribution in [0.5, 0.6) is 11.8 Å². The average molecular weight is 529 g/mol. The van der Waals surface area contributed by atoms with Crippen molar-refractivity contribution in [2.75, 3.05) is 0 Å². The van der Waals surface area contributed by atoms with Gasteiger partial charge in [0.25, 0.3) is 0 Å². The largest absolute Gasteiger partial charge is 0.494 e. The third-order valence-corrected chi connectivity index (χ3v) is 6.67. The lowest BCUT2D eigenvalue weighted by Gasteiger charge is -2.24. The van der Waals surface area contributed by atoms with Crippen LogP contribution in [-0.4, -0.2) is 43.8 Å². The van der Waals surface area contributed by atoms with E-state index in [0.717, 1.165) is 22.0 Å². The molecule has 9 heteroatoms. The standard InChI is InChI=1S/C30H32N4O5/c1-17(2)27(28(37)26-18(3)29(38)34-30(26)39)33-25(36)16-23(20-8-5-4-6-9-20)32-24(35)15-19-11-12-22-21(14-19)10-7-13-31-22/h4-14,17,23,27,34,38-39H,15-16H2,1-3H3,(H,32,35)(H,33,36)/t23-,27-/m0/s1. The summed E-state index contributed by atoms with van der Waals surface area (Å²) in [6.45, 7) is 5.06. The lowest BCUT2D eigenvalue weighted by atomic mass is 9.93. The second-order valence-electron chi connectivity index (χ2n) is 9.92. The Kier molecular flexibility index (Phi) is 8.29. The Morgan fingerprint density at radius 2 is 1.67 bits per heavy atom. The number of fused-ring (bicyclic) bond motifs is 1. The second kappa shape index (κ2) is 11.8. The Hall–Kier alpha value is -4.66. The predicted octanol–water partition coefficient (Wildman–Crippen LogP) is 4.10. The zero-order chi connectivity index (χ0) is 28.1. The number of H-pyrrole nitrogens is 1. The van der Waals surface area contributed by atoms with Gasteiger partial charge >= 0.3 is 0 Å². The quantitative estimate of drug-likeness (QED) is 0.196. The van der Waals surface area contributed by atoms with Crippen molar-refractivity contribution in [3.63, 3.8) is 0 Å². The SMILES string of the molecule is Cc1c(O)[nH]c(O)c1C(=O)[C@@H](NC(=O)C[C@H](NC(=O)Cc1ccc2ncccc2c1)c1ccccc1)C(C)C. The smallest absolute Gasteiger partial charge is 0.224 e. The summed E-state index contributed by atoms with van der Waals surface area (Å²) in [5, 5.41) is 26.6. The van der Waals surface area contributed by atoms with Gasteiger partial charge in [-0.15, -0.1) is 0 Å². The number of hydrogen-bond donors (Lipinski definition) is 5. The minimum Gasteiger partial charge on any atom is -0.494 e. The maximum atomic E-state index is 13.2. The fraction of sp³-hybridized carbons (Fsp3) is 0.267. The minimum absolute atomic E-state index is 0.0648. The van der Waals surface area contributed by atoms with Gasteiger partial charge in [-0.25, -0.2) is 0 Å². The molecule has 39 heavy (non-hydrogen) atoms. The van der Waals surface area contributed by atoms with E-state index in [-0.39, 0.29) is 41.7 Å². The van der Waals surface area contributed by atoms with Gasteiger partial charge in [0.2, 0.25) is 17.7 Å². The molecular weight excluding hydrogens is 496 g/mol. The van der Waals surface area contributed by atoms with Gasteiger partial charge in [-0.05, 0) is 42.2 Å². The number of carbonyl (C=O) groups excluding carboxylic acids is 3. The Balaban J connectivity index is 1.49. The molecule has 2 heterocycles. The number of benzene rings is 2. The van der Waals surface area contributed by atoms with Crippen LogP contribution in [0.2, 0.25) is 0 Å². The molecule has 0 bridgehead atoms. The van der Waals surface area contributed by atoms with Crippen molar-refractivity contribution in [3.8, 4) is 11.8 Å². The summed E-state index contributed by atoms with van der Waals surface area (Å²) in [6, 6.07) is 17.0. The highest BCUT2D eigenvalue weighted by molar-refractivity contribution is 6.05. The third-order valence-electron chi connectivity index (χ3n) is 6.67. The summed E-state index contributed by atoms with van der Waals surface area (Å²) in [4.78, 5) is 46.1. The number of aromatic amines is 1. The number of pyridine rings is 1. The van der Waals surface area contributed by atoms with E-state index in [4.69, 9.17) is 0 Å². The summed E-state index contributed by atoms with van der Waals surface area (Å²) < 4.78 is 0. The fourth-order valence-corrected chi connectivity index (χ4v) is 4.58. The maximum absolute atomic E-state index is 13.2. The van der Waals surface area contributed by atoms with E-state index in [2.05, 4.69) is 20.6 Å². The molecule has 0 saturated heterocycles. The van der Waals surface area contributed by atoms with Crippen molar-refractivity contribution in [1.29, 1.82) is 0 Å².